The van der Waals surface area contributed by atoms with E-state index in [2.05, 4.69) is 32.6 Å². The first-order valence-electron chi connectivity index (χ1n) is 14.3. The molecule has 0 radical (unpaired) electrons. The molecule has 1 aromatic rings. The summed E-state index contributed by atoms with van der Waals surface area (Å²) in [5, 5.41) is 10.1. The molecular formula is C32H46O4S. The Bertz CT molecular complexity index is 1110. The number of benzene rings is 1. The molecule has 1 aromatic carbocycles. The summed E-state index contributed by atoms with van der Waals surface area (Å²) in [6.45, 7) is 11.3. The van der Waals surface area contributed by atoms with Crippen LogP contribution in [0.25, 0.3) is 0 Å². The van der Waals surface area contributed by atoms with Gasteiger partial charge >= 0.3 is 0 Å². The van der Waals surface area contributed by atoms with Gasteiger partial charge in [-0.05, 0) is 106 Å². The molecule has 3 aliphatic rings. The predicted molar refractivity (Wildman–Crippen MR) is 151 cm³/mol. The number of hydrogen-bond acceptors (Lipinski definition) is 4. The van der Waals surface area contributed by atoms with Gasteiger partial charge in [0.05, 0.1) is 17.6 Å². The van der Waals surface area contributed by atoms with Gasteiger partial charge in [0.1, 0.15) is 0 Å². The normalized spacial score (nSPS) is 31.6. The second-order valence-corrected chi connectivity index (χ2v) is 13.7. The van der Waals surface area contributed by atoms with Gasteiger partial charge in [0.25, 0.3) is 10.1 Å². The quantitative estimate of drug-likeness (QED) is 0.265. The van der Waals surface area contributed by atoms with Crippen LogP contribution in [0, 0.1) is 30.1 Å². The number of hydrogen-bond donors (Lipinski definition) is 1. The summed E-state index contributed by atoms with van der Waals surface area (Å²) in [4.78, 5) is 0.233. The van der Waals surface area contributed by atoms with Crippen LogP contribution in [0.3, 0.4) is 0 Å². The first-order valence-corrected chi connectivity index (χ1v) is 15.7. The predicted octanol–water partition coefficient (Wildman–Crippen LogP) is 7.68. The number of aliphatic hydroxyl groups excluding tert-OH is 1. The van der Waals surface area contributed by atoms with Crippen LogP contribution in [0.15, 0.2) is 64.6 Å². The Hall–Kier alpha value is -1.69. The van der Waals surface area contributed by atoms with Crippen molar-refractivity contribution in [3.8, 4) is 0 Å². The second kappa shape index (κ2) is 12.0. The van der Waals surface area contributed by atoms with E-state index in [4.69, 9.17) is 4.18 Å². The van der Waals surface area contributed by atoms with Crippen molar-refractivity contribution in [2.24, 2.45) is 23.2 Å². The lowest BCUT2D eigenvalue weighted by Gasteiger charge is -2.44. The molecule has 5 atom stereocenters. The highest BCUT2D eigenvalue weighted by Crippen LogP contribution is 2.59. The van der Waals surface area contributed by atoms with Gasteiger partial charge in [-0.2, -0.15) is 8.42 Å². The third kappa shape index (κ3) is 6.66. The molecule has 5 heteroatoms. The van der Waals surface area contributed by atoms with E-state index in [1.165, 1.54) is 43.3 Å². The number of aliphatic hydroxyl groups is 1. The van der Waals surface area contributed by atoms with Gasteiger partial charge in [0.15, 0.2) is 0 Å². The Kier molecular flexibility index (Phi) is 9.19. The molecule has 37 heavy (non-hydrogen) atoms. The fourth-order valence-corrected chi connectivity index (χ4v) is 8.26. The van der Waals surface area contributed by atoms with Crippen LogP contribution < -0.4 is 0 Å². The summed E-state index contributed by atoms with van der Waals surface area (Å²) >= 11 is 0. The minimum atomic E-state index is -3.68. The minimum absolute atomic E-state index is 0.225. The summed E-state index contributed by atoms with van der Waals surface area (Å²) in [5.41, 5.74) is 5.39. The van der Waals surface area contributed by atoms with Crippen molar-refractivity contribution < 1.29 is 17.7 Å². The molecular weight excluding hydrogens is 480 g/mol. The molecule has 0 aliphatic heterocycles. The summed E-state index contributed by atoms with van der Waals surface area (Å²) in [6.07, 6.45) is 16.0. The van der Waals surface area contributed by atoms with E-state index in [1.807, 2.05) is 6.92 Å². The van der Waals surface area contributed by atoms with Crippen LogP contribution in [0.1, 0.15) is 90.0 Å². The SMILES string of the molecule is C=C1CCC(O)CC1=CC=C1CCCC2(C)C1CCC2C(C)CCCCOS(=O)(=O)c1ccc(C)cc1. The van der Waals surface area contributed by atoms with Gasteiger partial charge in [0.2, 0.25) is 0 Å². The number of fused-ring (bicyclic) bond motifs is 1. The highest BCUT2D eigenvalue weighted by molar-refractivity contribution is 7.86. The van der Waals surface area contributed by atoms with Crippen LogP contribution in [0.4, 0.5) is 0 Å². The molecule has 4 rings (SSSR count). The maximum Gasteiger partial charge on any atom is 0.296 e. The molecule has 5 unspecified atom stereocenters. The van der Waals surface area contributed by atoms with Crippen molar-refractivity contribution in [1.29, 1.82) is 0 Å². The molecule has 0 amide bonds. The number of unbranched alkanes of at least 4 members (excludes halogenated alkanes) is 1. The molecule has 0 bridgehead atoms. The maximum atomic E-state index is 12.4. The van der Waals surface area contributed by atoms with Gasteiger partial charge in [0, 0.05) is 0 Å². The highest BCUT2D eigenvalue weighted by Gasteiger charge is 2.50. The summed E-state index contributed by atoms with van der Waals surface area (Å²) in [6, 6.07) is 6.82. The van der Waals surface area contributed by atoms with Crippen LogP contribution in [0.2, 0.25) is 0 Å². The van der Waals surface area contributed by atoms with Crippen molar-refractivity contribution in [2.45, 2.75) is 102 Å². The fraction of sp³-hybridized carbons (Fsp3) is 0.625. The van der Waals surface area contributed by atoms with Gasteiger partial charge in [-0.25, -0.2) is 0 Å². The van der Waals surface area contributed by atoms with Gasteiger partial charge in [-0.1, -0.05) is 74.3 Å². The Balaban J connectivity index is 1.29. The van der Waals surface area contributed by atoms with Crippen molar-refractivity contribution in [3.05, 3.63) is 65.3 Å². The zero-order valence-corrected chi connectivity index (χ0v) is 23.9. The lowest BCUT2D eigenvalue weighted by atomic mass is 9.60. The summed E-state index contributed by atoms with van der Waals surface area (Å²) in [7, 11) is -3.68. The molecule has 0 aromatic heterocycles. The summed E-state index contributed by atoms with van der Waals surface area (Å²) < 4.78 is 30.1. The van der Waals surface area contributed by atoms with E-state index < -0.39 is 10.1 Å². The molecule has 3 fully saturated rings. The highest BCUT2D eigenvalue weighted by atomic mass is 32.2. The monoisotopic (exact) mass is 526 g/mol. The number of rotatable bonds is 9. The first kappa shape index (κ1) is 28.3. The van der Waals surface area contributed by atoms with Crippen molar-refractivity contribution in [1.82, 2.24) is 0 Å². The van der Waals surface area contributed by atoms with E-state index in [1.54, 1.807) is 29.8 Å². The zero-order valence-electron chi connectivity index (χ0n) is 23.0. The molecule has 0 saturated heterocycles. The largest absolute Gasteiger partial charge is 0.393 e. The Morgan fingerprint density at radius 3 is 2.65 bits per heavy atom. The van der Waals surface area contributed by atoms with Gasteiger partial charge in [-0.3, -0.25) is 4.18 Å². The maximum absolute atomic E-state index is 12.4. The molecule has 1 N–H and O–H groups in total. The zero-order chi connectivity index (χ0) is 26.6. The second-order valence-electron chi connectivity index (χ2n) is 12.1. The Morgan fingerprint density at radius 2 is 1.89 bits per heavy atom. The Labute approximate surface area is 225 Å². The molecule has 204 valence electrons. The minimum Gasteiger partial charge on any atom is -0.393 e. The van der Waals surface area contributed by atoms with E-state index >= 15 is 0 Å². The standard InChI is InChI=1S/C32H46O4S/c1-23-10-16-29(17-11-23)37(34,35)36-21-6-5-8-25(3)30-18-19-31-26(9-7-20-32(30,31)4)13-14-27-22-28(33)15-12-24(27)2/h10-11,13-14,16-17,25,28,30-31,33H,2,5-9,12,15,18-22H2,1,3-4H3. The van der Waals surface area contributed by atoms with Crippen molar-refractivity contribution in [3.63, 3.8) is 0 Å². The van der Waals surface area contributed by atoms with E-state index in [-0.39, 0.29) is 17.6 Å². The van der Waals surface area contributed by atoms with E-state index in [0.717, 1.165) is 44.1 Å². The van der Waals surface area contributed by atoms with Crippen molar-refractivity contribution >= 4 is 10.1 Å². The summed E-state index contributed by atoms with van der Waals surface area (Å²) in [5.74, 6) is 1.97. The van der Waals surface area contributed by atoms with Gasteiger partial charge in [-0.15, -0.1) is 0 Å². The van der Waals surface area contributed by atoms with E-state index in [9.17, 15) is 13.5 Å². The third-order valence-corrected chi connectivity index (χ3v) is 10.8. The molecule has 3 saturated carbocycles. The first-order chi connectivity index (χ1) is 17.6. The Morgan fingerprint density at radius 1 is 1.14 bits per heavy atom. The number of allylic oxidation sites excluding steroid dienone is 4. The van der Waals surface area contributed by atoms with Gasteiger partial charge < -0.3 is 5.11 Å². The molecule has 0 heterocycles. The molecule has 3 aliphatic carbocycles. The number of aryl methyl sites for hydroxylation is 1. The smallest absolute Gasteiger partial charge is 0.296 e. The van der Waals surface area contributed by atoms with Crippen LogP contribution in [0.5, 0.6) is 0 Å². The topological polar surface area (TPSA) is 63.6 Å². The van der Waals surface area contributed by atoms with Crippen LogP contribution in [-0.2, 0) is 14.3 Å². The van der Waals surface area contributed by atoms with E-state index in [0.29, 0.717) is 23.2 Å². The average Bonchev–Trinajstić information content (AvgIpc) is 3.22. The molecule has 0 spiro atoms. The molecule has 4 nitrogen and oxygen atoms in total. The average molecular weight is 527 g/mol. The van der Waals surface area contributed by atoms with Crippen LogP contribution >= 0.6 is 0 Å². The fourth-order valence-electron chi connectivity index (χ4n) is 7.32. The van der Waals surface area contributed by atoms with Crippen molar-refractivity contribution in [2.75, 3.05) is 6.61 Å². The van der Waals surface area contributed by atoms with Crippen LogP contribution in [-0.4, -0.2) is 26.2 Å². The lowest BCUT2D eigenvalue weighted by Crippen LogP contribution is -2.36. The third-order valence-electron chi connectivity index (χ3n) is 9.51. The lowest BCUT2D eigenvalue weighted by molar-refractivity contribution is 0.0927.